The van der Waals surface area contributed by atoms with Gasteiger partial charge in [-0.2, -0.15) is 0 Å². The Morgan fingerprint density at radius 1 is 1.33 bits per heavy atom. The quantitative estimate of drug-likeness (QED) is 0.676. The number of carboxylic acid groups (broad SMARTS) is 1. The molecule has 0 atom stereocenters. The van der Waals surface area contributed by atoms with E-state index in [0.29, 0.717) is 25.9 Å². The number of likely N-dealkylation sites (tertiary alicyclic amines) is 1. The van der Waals surface area contributed by atoms with Crippen molar-refractivity contribution in [2.24, 2.45) is 5.92 Å². The zero-order valence-corrected chi connectivity index (χ0v) is 11.6. The van der Waals surface area contributed by atoms with Crippen molar-refractivity contribution in [3.05, 3.63) is 39.4 Å². The number of hydrogen-bond acceptors (Lipinski definition) is 4. The zero-order valence-electron chi connectivity index (χ0n) is 11.6. The SMILES string of the molecule is Cc1ccc([N+](=O)[O-])c(C(=O)N2CCC(C(=O)O)CC2)c1. The van der Waals surface area contributed by atoms with E-state index >= 15 is 0 Å². The van der Waals surface area contributed by atoms with Crippen LogP contribution < -0.4 is 0 Å². The van der Waals surface area contributed by atoms with Gasteiger partial charge in [-0.3, -0.25) is 19.7 Å². The van der Waals surface area contributed by atoms with Gasteiger partial charge >= 0.3 is 5.97 Å². The molecular formula is C14H16N2O5. The first-order valence-electron chi connectivity index (χ1n) is 6.67. The van der Waals surface area contributed by atoms with Crippen LogP contribution in [0.5, 0.6) is 0 Å². The van der Waals surface area contributed by atoms with Gasteiger partial charge < -0.3 is 10.0 Å². The average Bonchev–Trinajstić information content (AvgIpc) is 2.46. The fraction of sp³-hybridized carbons (Fsp3) is 0.429. The van der Waals surface area contributed by atoms with Crippen molar-refractivity contribution in [3.8, 4) is 0 Å². The fourth-order valence-corrected chi connectivity index (χ4v) is 2.48. The van der Waals surface area contributed by atoms with E-state index in [4.69, 9.17) is 5.11 Å². The van der Waals surface area contributed by atoms with E-state index < -0.39 is 22.7 Å². The van der Waals surface area contributed by atoms with E-state index in [2.05, 4.69) is 0 Å². The van der Waals surface area contributed by atoms with Gasteiger partial charge in [0.2, 0.25) is 0 Å². The molecule has 1 aliphatic heterocycles. The van der Waals surface area contributed by atoms with Crippen LogP contribution in [-0.4, -0.2) is 39.9 Å². The maximum absolute atomic E-state index is 12.4. The first-order valence-corrected chi connectivity index (χ1v) is 6.67. The highest BCUT2D eigenvalue weighted by Crippen LogP contribution is 2.24. The molecule has 0 saturated carbocycles. The normalized spacial score (nSPS) is 15.8. The number of nitrogens with zero attached hydrogens (tertiary/aromatic N) is 2. The number of carbonyl (C=O) groups is 2. The van der Waals surface area contributed by atoms with Crippen molar-refractivity contribution in [2.45, 2.75) is 19.8 Å². The van der Waals surface area contributed by atoms with Crippen LogP contribution in [0.3, 0.4) is 0 Å². The maximum Gasteiger partial charge on any atom is 0.306 e. The van der Waals surface area contributed by atoms with Gasteiger partial charge in [0.15, 0.2) is 0 Å². The molecule has 112 valence electrons. The van der Waals surface area contributed by atoms with Crippen LogP contribution in [0.2, 0.25) is 0 Å². The topological polar surface area (TPSA) is 101 Å². The Hall–Kier alpha value is -2.44. The van der Waals surface area contributed by atoms with E-state index in [1.165, 1.54) is 17.0 Å². The summed E-state index contributed by atoms with van der Waals surface area (Å²) >= 11 is 0. The van der Waals surface area contributed by atoms with Gasteiger partial charge in [-0.25, -0.2) is 0 Å². The summed E-state index contributed by atoms with van der Waals surface area (Å²) in [5.74, 6) is -1.71. The number of aliphatic carboxylic acids is 1. The number of nitro benzene ring substituents is 1. The first-order chi connectivity index (χ1) is 9.90. The lowest BCUT2D eigenvalue weighted by molar-refractivity contribution is -0.385. The summed E-state index contributed by atoms with van der Waals surface area (Å²) in [5, 5.41) is 20.0. The van der Waals surface area contributed by atoms with Crippen LogP contribution in [0.1, 0.15) is 28.8 Å². The van der Waals surface area contributed by atoms with Crippen molar-refractivity contribution in [3.63, 3.8) is 0 Å². The number of rotatable bonds is 3. The van der Waals surface area contributed by atoms with Gasteiger partial charge in [-0.15, -0.1) is 0 Å². The van der Waals surface area contributed by atoms with Crippen molar-refractivity contribution in [2.75, 3.05) is 13.1 Å². The lowest BCUT2D eigenvalue weighted by atomic mass is 9.96. The second kappa shape index (κ2) is 5.90. The highest BCUT2D eigenvalue weighted by atomic mass is 16.6. The molecule has 2 rings (SSSR count). The molecule has 1 amide bonds. The molecule has 0 spiro atoms. The summed E-state index contributed by atoms with van der Waals surface area (Å²) in [7, 11) is 0. The van der Waals surface area contributed by atoms with Crippen molar-refractivity contribution >= 4 is 17.6 Å². The van der Waals surface area contributed by atoms with Crippen LogP contribution in [0.4, 0.5) is 5.69 Å². The molecule has 1 heterocycles. The molecule has 0 aromatic heterocycles. The van der Waals surface area contributed by atoms with Gasteiger partial charge in [0, 0.05) is 19.2 Å². The molecule has 7 nitrogen and oxygen atoms in total. The molecule has 1 aromatic carbocycles. The van der Waals surface area contributed by atoms with Gasteiger partial charge in [-0.05, 0) is 31.4 Å². The summed E-state index contributed by atoms with van der Waals surface area (Å²) < 4.78 is 0. The molecule has 21 heavy (non-hydrogen) atoms. The van der Waals surface area contributed by atoms with Gasteiger partial charge in [0.1, 0.15) is 5.56 Å². The molecule has 1 saturated heterocycles. The van der Waals surface area contributed by atoms with Crippen molar-refractivity contribution in [1.82, 2.24) is 4.90 Å². The maximum atomic E-state index is 12.4. The highest BCUT2D eigenvalue weighted by Gasteiger charge is 2.30. The smallest absolute Gasteiger partial charge is 0.306 e. The van der Waals surface area contributed by atoms with Crippen LogP contribution in [0, 0.1) is 23.0 Å². The number of aryl methyl sites for hydroxylation is 1. The average molecular weight is 292 g/mol. The van der Waals surface area contributed by atoms with E-state index in [9.17, 15) is 19.7 Å². The Labute approximate surface area is 121 Å². The number of carboxylic acids is 1. The monoisotopic (exact) mass is 292 g/mol. The summed E-state index contributed by atoms with van der Waals surface area (Å²) in [6.45, 7) is 2.37. The Morgan fingerprint density at radius 3 is 2.48 bits per heavy atom. The zero-order chi connectivity index (χ0) is 15.6. The minimum atomic E-state index is -0.858. The largest absolute Gasteiger partial charge is 0.481 e. The second-order valence-corrected chi connectivity index (χ2v) is 5.18. The first kappa shape index (κ1) is 15.0. The van der Waals surface area contributed by atoms with Crippen molar-refractivity contribution < 1.29 is 19.6 Å². The van der Waals surface area contributed by atoms with E-state index in [1.807, 2.05) is 0 Å². The minimum Gasteiger partial charge on any atom is -0.481 e. The predicted molar refractivity (Wildman–Crippen MR) is 74.1 cm³/mol. The Bertz CT molecular complexity index is 591. The molecular weight excluding hydrogens is 276 g/mol. The molecule has 1 aliphatic rings. The highest BCUT2D eigenvalue weighted by molar-refractivity contribution is 5.98. The molecule has 1 N–H and O–H groups in total. The molecule has 1 aromatic rings. The van der Waals surface area contributed by atoms with Crippen LogP contribution in [0.25, 0.3) is 0 Å². The minimum absolute atomic E-state index is 0.0637. The predicted octanol–water partition coefficient (Wildman–Crippen LogP) is 1.84. The van der Waals surface area contributed by atoms with Crippen molar-refractivity contribution in [1.29, 1.82) is 0 Å². The third-order valence-electron chi connectivity index (χ3n) is 3.71. The number of amides is 1. The van der Waals surface area contributed by atoms with E-state index in [1.54, 1.807) is 13.0 Å². The molecule has 0 aliphatic carbocycles. The molecule has 0 radical (unpaired) electrons. The van der Waals surface area contributed by atoms with Crippen LogP contribution in [0.15, 0.2) is 18.2 Å². The number of benzene rings is 1. The van der Waals surface area contributed by atoms with E-state index in [-0.39, 0.29) is 11.3 Å². The van der Waals surface area contributed by atoms with Crippen LogP contribution in [-0.2, 0) is 4.79 Å². The summed E-state index contributed by atoms with van der Waals surface area (Å²) in [6, 6.07) is 4.42. The number of nitro groups is 1. The fourth-order valence-electron chi connectivity index (χ4n) is 2.48. The van der Waals surface area contributed by atoms with Crippen LogP contribution >= 0.6 is 0 Å². The third kappa shape index (κ3) is 3.18. The van der Waals surface area contributed by atoms with E-state index in [0.717, 1.165) is 5.56 Å². The summed E-state index contributed by atoms with van der Waals surface area (Å²) in [4.78, 5) is 35.3. The third-order valence-corrected chi connectivity index (χ3v) is 3.71. The Kier molecular flexibility index (Phi) is 4.21. The number of piperidine rings is 1. The lowest BCUT2D eigenvalue weighted by Crippen LogP contribution is -2.40. The standard InChI is InChI=1S/C14H16N2O5/c1-9-2-3-12(16(20)21)11(8-9)13(17)15-6-4-10(5-7-15)14(18)19/h2-3,8,10H,4-7H2,1H3,(H,18,19). The molecule has 0 unspecified atom stereocenters. The molecule has 0 bridgehead atoms. The second-order valence-electron chi connectivity index (χ2n) is 5.18. The summed E-state index contributed by atoms with van der Waals surface area (Å²) in [5.41, 5.74) is 0.615. The molecule has 1 fully saturated rings. The lowest BCUT2D eigenvalue weighted by Gasteiger charge is -2.30. The number of carbonyl (C=O) groups excluding carboxylic acids is 1. The van der Waals surface area contributed by atoms with Gasteiger partial charge in [0.25, 0.3) is 11.6 Å². The summed E-state index contributed by atoms with van der Waals surface area (Å²) in [6.07, 6.45) is 0.751. The Morgan fingerprint density at radius 2 is 1.95 bits per heavy atom. The number of hydrogen-bond donors (Lipinski definition) is 1. The van der Waals surface area contributed by atoms with Gasteiger partial charge in [0.05, 0.1) is 10.8 Å². The molecule has 7 heteroatoms. The Balaban J connectivity index is 2.20. The van der Waals surface area contributed by atoms with Gasteiger partial charge in [-0.1, -0.05) is 6.07 Å².